The molecule has 0 radical (unpaired) electrons. The molecule has 21 heavy (non-hydrogen) atoms. The standard InChI is InChI=1S/C14H27N3O4/c1-4-17-5-6-21-11(9-17)8-15-14(20)16-12(13(18)19)7-10(2)3/h10-12H,4-9H2,1-3H3,(H,18,19)(H2,15,16,20)/t11?,12-/m1/s1. The second-order valence-electron chi connectivity index (χ2n) is 5.76. The Balaban J connectivity index is 2.33. The fourth-order valence-corrected chi connectivity index (χ4v) is 2.30. The van der Waals surface area contributed by atoms with Crippen molar-refractivity contribution in [2.75, 3.05) is 32.8 Å². The van der Waals surface area contributed by atoms with Crippen LogP contribution in [-0.4, -0.2) is 66.9 Å². The summed E-state index contributed by atoms with van der Waals surface area (Å²) in [5, 5.41) is 14.3. The molecule has 1 rings (SSSR count). The number of carboxylic acid groups (broad SMARTS) is 1. The fourth-order valence-electron chi connectivity index (χ4n) is 2.30. The summed E-state index contributed by atoms with van der Waals surface area (Å²) < 4.78 is 5.58. The number of carbonyl (C=O) groups excluding carboxylic acids is 1. The Morgan fingerprint density at radius 3 is 2.71 bits per heavy atom. The number of hydrogen-bond donors (Lipinski definition) is 3. The van der Waals surface area contributed by atoms with E-state index >= 15 is 0 Å². The van der Waals surface area contributed by atoms with Gasteiger partial charge in [-0.05, 0) is 18.9 Å². The van der Waals surface area contributed by atoms with Crippen LogP contribution in [0.25, 0.3) is 0 Å². The van der Waals surface area contributed by atoms with E-state index in [1.165, 1.54) is 0 Å². The number of rotatable bonds is 7. The van der Waals surface area contributed by atoms with Gasteiger partial charge in [0.05, 0.1) is 12.7 Å². The van der Waals surface area contributed by atoms with Crippen LogP contribution in [0, 0.1) is 5.92 Å². The van der Waals surface area contributed by atoms with Gasteiger partial charge >= 0.3 is 12.0 Å². The summed E-state index contributed by atoms with van der Waals surface area (Å²) in [5.41, 5.74) is 0. The number of carboxylic acids is 1. The van der Waals surface area contributed by atoms with E-state index in [-0.39, 0.29) is 12.0 Å². The molecule has 2 amide bonds. The number of urea groups is 1. The zero-order valence-electron chi connectivity index (χ0n) is 13.1. The fraction of sp³-hybridized carbons (Fsp3) is 0.857. The van der Waals surface area contributed by atoms with Gasteiger partial charge in [-0.1, -0.05) is 20.8 Å². The third-order valence-corrected chi connectivity index (χ3v) is 3.47. The lowest BCUT2D eigenvalue weighted by molar-refractivity contribution is -0.139. The van der Waals surface area contributed by atoms with Gasteiger partial charge in [-0.25, -0.2) is 9.59 Å². The molecule has 1 unspecified atom stereocenters. The highest BCUT2D eigenvalue weighted by Gasteiger charge is 2.23. The molecule has 1 heterocycles. The average Bonchev–Trinajstić information content (AvgIpc) is 2.44. The van der Waals surface area contributed by atoms with Gasteiger partial charge in [0.15, 0.2) is 0 Å². The van der Waals surface area contributed by atoms with Gasteiger partial charge < -0.3 is 20.5 Å². The first-order valence-corrected chi connectivity index (χ1v) is 7.53. The molecule has 0 aromatic heterocycles. The van der Waals surface area contributed by atoms with Crippen molar-refractivity contribution in [3.05, 3.63) is 0 Å². The molecule has 7 nitrogen and oxygen atoms in total. The van der Waals surface area contributed by atoms with Crippen LogP contribution in [0.15, 0.2) is 0 Å². The number of nitrogens with zero attached hydrogens (tertiary/aromatic N) is 1. The molecule has 0 aliphatic carbocycles. The molecule has 0 spiro atoms. The highest BCUT2D eigenvalue weighted by molar-refractivity contribution is 5.82. The number of nitrogens with one attached hydrogen (secondary N) is 2. The molecule has 1 fully saturated rings. The van der Waals surface area contributed by atoms with E-state index in [4.69, 9.17) is 9.84 Å². The second kappa shape index (κ2) is 8.84. The summed E-state index contributed by atoms with van der Waals surface area (Å²) in [6.45, 7) is 9.63. The quantitative estimate of drug-likeness (QED) is 0.637. The average molecular weight is 301 g/mol. The predicted octanol–water partition coefficient (Wildman–Crippen LogP) is 0.506. The molecule has 0 aromatic rings. The normalized spacial score (nSPS) is 21.0. The minimum absolute atomic E-state index is 0.0437. The number of morpholine rings is 1. The van der Waals surface area contributed by atoms with E-state index < -0.39 is 18.0 Å². The number of ether oxygens (including phenoxy) is 1. The summed E-state index contributed by atoms with van der Waals surface area (Å²) >= 11 is 0. The minimum Gasteiger partial charge on any atom is -0.480 e. The molecule has 122 valence electrons. The smallest absolute Gasteiger partial charge is 0.326 e. The van der Waals surface area contributed by atoms with Gasteiger partial charge in [-0.2, -0.15) is 0 Å². The van der Waals surface area contributed by atoms with E-state index in [9.17, 15) is 9.59 Å². The van der Waals surface area contributed by atoms with Crippen molar-refractivity contribution < 1.29 is 19.4 Å². The largest absolute Gasteiger partial charge is 0.480 e. The third kappa shape index (κ3) is 6.77. The zero-order chi connectivity index (χ0) is 15.8. The molecular formula is C14H27N3O4. The van der Waals surface area contributed by atoms with Gasteiger partial charge in [0.25, 0.3) is 0 Å². The first kappa shape index (κ1) is 17.7. The molecule has 7 heteroatoms. The molecule has 0 aromatic carbocycles. The summed E-state index contributed by atoms with van der Waals surface area (Å²) in [6, 6.07) is -1.32. The zero-order valence-corrected chi connectivity index (χ0v) is 13.1. The Labute approximate surface area is 126 Å². The summed E-state index contributed by atoms with van der Waals surface area (Å²) in [5.74, 6) is -0.809. The van der Waals surface area contributed by atoms with Gasteiger partial charge in [-0.15, -0.1) is 0 Å². The van der Waals surface area contributed by atoms with Crippen molar-refractivity contribution in [2.24, 2.45) is 5.92 Å². The molecule has 3 N–H and O–H groups in total. The van der Waals surface area contributed by atoms with Crippen molar-refractivity contribution in [3.63, 3.8) is 0 Å². The van der Waals surface area contributed by atoms with Crippen LogP contribution >= 0.6 is 0 Å². The number of likely N-dealkylation sites (N-methyl/N-ethyl adjacent to an activating group) is 1. The van der Waals surface area contributed by atoms with Crippen molar-refractivity contribution in [2.45, 2.75) is 39.3 Å². The van der Waals surface area contributed by atoms with E-state index in [1.807, 2.05) is 13.8 Å². The van der Waals surface area contributed by atoms with Crippen molar-refractivity contribution in [1.29, 1.82) is 0 Å². The topological polar surface area (TPSA) is 90.9 Å². The lowest BCUT2D eigenvalue weighted by Gasteiger charge is -2.32. The maximum atomic E-state index is 11.8. The lowest BCUT2D eigenvalue weighted by atomic mass is 10.0. The number of aliphatic carboxylic acids is 1. The van der Waals surface area contributed by atoms with Crippen LogP contribution in [0.5, 0.6) is 0 Å². The van der Waals surface area contributed by atoms with Crippen molar-refractivity contribution in [3.8, 4) is 0 Å². The van der Waals surface area contributed by atoms with Crippen LogP contribution in [-0.2, 0) is 9.53 Å². The Bertz CT molecular complexity index is 349. The summed E-state index contributed by atoms with van der Waals surface area (Å²) in [6.07, 6.45) is 0.365. The Kier molecular flexibility index (Phi) is 7.45. The van der Waals surface area contributed by atoms with Crippen LogP contribution in [0.1, 0.15) is 27.2 Å². The second-order valence-corrected chi connectivity index (χ2v) is 5.76. The van der Waals surface area contributed by atoms with Crippen LogP contribution in [0.4, 0.5) is 4.79 Å². The summed E-state index contributed by atoms with van der Waals surface area (Å²) in [4.78, 5) is 25.1. The Morgan fingerprint density at radius 2 is 2.14 bits per heavy atom. The first-order valence-electron chi connectivity index (χ1n) is 7.53. The minimum atomic E-state index is -1.01. The van der Waals surface area contributed by atoms with Gasteiger partial charge in [0, 0.05) is 19.6 Å². The van der Waals surface area contributed by atoms with E-state index in [0.717, 1.165) is 19.6 Å². The molecule has 0 saturated carbocycles. The number of carbonyl (C=O) groups is 2. The summed E-state index contributed by atoms with van der Waals surface area (Å²) in [7, 11) is 0. The molecule has 0 bridgehead atoms. The van der Waals surface area contributed by atoms with Gasteiger partial charge in [0.2, 0.25) is 0 Å². The third-order valence-electron chi connectivity index (χ3n) is 3.47. The highest BCUT2D eigenvalue weighted by Crippen LogP contribution is 2.05. The maximum absolute atomic E-state index is 11.8. The van der Waals surface area contributed by atoms with Crippen LogP contribution < -0.4 is 10.6 Å². The van der Waals surface area contributed by atoms with Gasteiger partial charge in [-0.3, -0.25) is 4.90 Å². The molecule has 2 atom stereocenters. The van der Waals surface area contributed by atoms with E-state index in [0.29, 0.717) is 19.6 Å². The number of amides is 2. The van der Waals surface area contributed by atoms with Gasteiger partial charge in [0.1, 0.15) is 6.04 Å². The molecule has 1 aliphatic rings. The molecule has 1 saturated heterocycles. The maximum Gasteiger partial charge on any atom is 0.326 e. The van der Waals surface area contributed by atoms with E-state index in [1.54, 1.807) is 0 Å². The molecular weight excluding hydrogens is 274 g/mol. The monoisotopic (exact) mass is 301 g/mol. The SMILES string of the molecule is CCN1CCOC(CNC(=O)N[C@H](CC(C)C)C(=O)O)C1. The predicted molar refractivity (Wildman–Crippen MR) is 79.3 cm³/mol. The lowest BCUT2D eigenvalue weighted by Crippen LogP contribution is -2.51. The highest BCUT2D eigenvalue weighted by atomic mass is 16.5. The van der Waals surface area contributed by atoms with Crippen molar-refractivity contribution in [1.82, 2.24) is 15.5 Å². The molecule has 1 aliphatic heterocycles. The van der Waals surface area contributed by atoms with E-state index in [2.05, 4.69) is 22.5 Å². The first-order chi connectivity index (χ1) is 9.92. The Hall–Kier alpha value is -1.34. The Morgan fingerprint density at radius 1 is 1.43 bits per heavy atom. The van der Waals surface area contributed by atoms with Crippen molar-refractivity contribution >= 4 is 12.0 Å². The van der Waals surface area contributed by atoms with Crippen LogP contribution in [0.3, 0.4) is 0 Å². The van der Waals surface area contributed by atoms with Crippen LogP contribution in [0.2, 0.25) is 0 Å². The number of hydrogen-bond acceptors (Lipinski definition) is 4.